The van der Waals surface area contributed by atoms with Gasteiger partial charge in [0.1, 0.15) is 11.5 Å². The number of fused-ring (bicyclic) bond motifs is 10. The second-order valence-electron chi connectivity index (χ2n) is 14.4. The highest BCUT2D eigenvalue weighted by molar-refractivity contribution is 6.24. The van der Waals surface area contributed by atoms with Crippen LogP contribution in [0.2, 0.25) is 0 Å². The van der Waals surface area contributed by atoms with Crippen LogP contribution < -0.4 is 9.64 Å². The lowest BCUT2D eigenvalue weighted by Crippen LogP contribution is -2.11. The van der Waals surface area contributed by atoms with E-state index in [0.717, 1.165) is 45.8 Å². The summed E-state index contributed by atoms with van der Waals surface area (Å²) in [5.74, 6) is 2.35. The maximum atomic E-state index is 6.50. The molecule has 9 aromatic rings. The first-order valence-corrected chi connectivity index (χ1v) is 18.8. The molecule has 1 aliphatic carbocycles. The van der Waals surface area contributed by atoms with E-state index in [4.69, 9.17) is 4.74 Å². The average Bonchev–Trinajstić information content (AvgIpc) is 3.63. The van der Waals surface area contributed by atoms with Gasteiger partial charge in [-0.2, -0.15) is 0 Å². The quantitative estimate of drug-likeness (QED) is 0.167. The average molecular weight is 690 g/mol. The molecule has 0 bridgehead atoms. The maximum Gasteiger partial charge on any atom is 0.138 e. The van der Waals surface area contributed by atoms with E-state index in [9.17, 15) is 0 Å². The van der Waals surface area contributed by atoms with E-state index in [2.05, 4.69) is 199 Å². The fraction of sp³-hybridized carbons (Fsp3) is 0.0385. The monoisotopic (exact) mass is 689 g/mol. The number of para-hydroxylation sites is 1. The zero-order chi connectivity index (χ0) is 35.6. The number of anilines is 3. The van der Waals surface area contributed by atoms with Gasteiger partial charge in [-0.05, 0) is 103 Å². The Bertz CT molecular complexity index is 2990. The number of rotatable bonds is 5. The van der Waals surface area contributed by atoms with Gasteiger partial charge < -0.3 is 9.64 Å². The summed E-state index contributed by atoms with van der Waals surface area (Å²) in [6.45, 7) is 0. The number of ether oxygens (including phenoxy) is 1. The standard InChI is InChI=1S/C52H35NO/c1-2-11-34(12-3-1)42-15-6-8-19-48(42)53(41-30-32-45-39(33-41)27-31-47-46-17-7-9-20-49(46)54-52(45)47)40-28-25-36(26-29-40)44-18-10-14-37-23-24-38-22-21-35-13-4-5-16-43(35)51(38)50(37)44/h1-16,18-33,46H,17H2. The summed E-state index contributed by atoms with van der Waals surface area (Å²) in [4.78, 5) is 2.40. The highest BCUT2D eigenvalue weighted by atomic mass is 16.5. The molecule has 0 aromatic heterocycles. The summed E-state index contributed by atoms with van der Waals surface area (Å²) in [5, 5.41) is 9.96. The Hall–Kier alpha value is -6.90. The van der Waals surface area contributed by atoms with Gasteiger partial charge in [-0.3, -0.25) is 0 Å². The molecule has 1 aliphatic heterocycles. The van der Waals surface area contributed by atoms with Crippen molar-refractivity contribution in [1.82, 2.24) is 0 Å². The Morgan fingerprint density at radius 2 is 1.17 bits per heavy atom. The molecule has 0 radical (unpaired) electrons. The van der Waals surface area contributed by atoms with Crippen molar-refractivity contribution >= 4 is 60.2 Å². The van der Waals surface area contributed by atoms with Crippen LogP contribution in [-0.2, 0) is 0 Å². The molecule has 0 fully saturated rings. The van der Waals surface area contributed by atoms with Gasteiger partial charge in [0, 0.05) is 33.8 Å². The molecule has 0 saturated carbocycles. The predicted molar refractivity (Wildman–Crippen MR) is 227 cm³/mol. The molecule has 0 amide bonds. The summed E-state index contributed by atoms with van der Waals surface area (Å²) in [7, 11) is 0. The Balaban J connectivity index is 1.08. The second-order valence-corrected chi connectivity index (χ2v) is 14.4. The number of allylic oxidation sites excluding steroid dienone is 4. The minimum absolute atomic E-state index is 0.306. The molecule has 1 atom stereocenters. The lowest BCUT2D eigenvalue weighted by atomic mass is 9.91. The topological polar surface area (TPSA) is 12.5 Å². The van der Waals surface area contributed by atoms with Gasteiger partial charge in [0.25, 0.3) is 0 Å². The van der Waals surface area contributed by atoms with Crippen LogP contribution in [0.5, 0.6) is 5.75 Å². The molecule has 2 aliphatic rings. The summed E-state index contributed by atoms with van der Waals surface area (Å²) in [6, 6.07) is 64.3. The molecule has 2 nitrogen and oxygen atoms in total. The van der Waals surface area contributed by atoms with Crippen molar-refractivity contribution in [2.24, 2.45) is 0 Å². The van der Waals surface area contributed by atoms with Gasteiger partial charge in [0.2, 0.25) is 0 Å². The smallest absolute Gasteiger partial charge is 0.138 e. The first kappa shape index (κ1) is 30.7. The second kappa shape index (κ2) is 12.4. The van der Waals surface area contributed by atoms with Gasteiger partial charge >= 0.3 is 0 Å². The summed E-state index contributed by atoms with van der Waals surface area (Å²) < 4.78 is 6.50. The van der Waals surface area contributed by atoms with Gasteiger partial charge in [0.05, 0.1) is 5.69 Å². The normalized spacial score (nSPS) is 14.6. The van der Waals surface area contributed by atoms with Crippen LogP contribution in [0.15, 0.2) is 200 Å². The Labute approximate surface area is 314 Å². The molecule has 0 saturated heterocycles. The minimum atomic E-state index is 0.306. The SMILES string of the molecule is C1=CCC2C(=C1)Oc1c2ccc2cc(N(c3ccc(-c4cccc5ccc6ccc7ccccc7c6c45)cc3)c3ccccc3-c3ccccc3)ccc12. The number of benzene rings is 9. The Kier molecular flexibility index (Phi) is 7.03. The van der Waals surface area contributed by atoms with Crippen LogP contribution in [0.1, 0.15) is 17.9 Å². The fourth-order valence-corrected chi connectivity index (χ4v) is 8.81. The third kappa shape index (κ3) is 4.88. The molecule has 254 valence electrons. The molecule has 9 aromatic carbocycles. The van der Waals surface area contributed by atoms with Gasteiger partial charge in [-0.15, -0.1) is 0 Å². The molecule has 0 spiro atoms. The highest BCUT2D eigenvalue weighted by Gasteiger charge is 2.31. The van der Waals surface area contributed by atoms with Crippen molar-refractivity contribution in [3.8, 4) is 28.0 Å². The van der Waals surface area contributed by atoms with E-state index in [-0.39, 0.29) is 0 Å². The van der Waals surface area contributed by atoms with Crippen LogP contribution in [0, 0.1) is 0 Å². The highest BCUT2D eigenvalue weighted by Crippen LogP contribution is 2.49. The van der Waals surface area contributed by atoms with E-state index in [1.807, 2.05) is 0 Å². The Morgan fingerprint density at radius 1 is 0.481 bits per heavy atom. The molecular formula is C52H35NO. The van der Waals surface area contributed by atoms with Gasteiger partial charge in [-0.1, -0.05) is 152 Å². The largest absolute Gasteiger partial charge is 0.460 e. The van der Waals surface area contributed by atoms with Crippen molar-refractivity contribution in [2.45, 2.75) is 12.3 Å². The van der Waals surface area contributed by atoms with Crippen molar-refractivity contribution in [1.29, 1.82) is 0 Å². The zero-order valence-electron chi connectivity index (χ0n) is 29.6. The number of hydrogen-bond donors (Lipinski definition) is 0. The van der Waals surface area contributed by atoms with Crippen molar-refractivity contribution in [3.05, 3.63) is 205 Å². The van der Waals surface area contributed by atoms with E-state index in [1.165, 1.54) is 60.1 Å². The van der Waals surface area contributed by atoms with Gasteiger partial charge in [0.15, 0.2) is 0 Å². The number of hydrogen-bond acceptors (Lipinski definition) is 2. The third-order valence-electron chi connectivity index (χ3n) is 11.4. The van der Waals surface area contributed by atoms with Crippen LogP contribution >= 0.6 is 0 Å². The lowest BCUT2D eigenvalue weighted by Gasteiger charge is -2.28. The zero-order valence-corrected chi connectivity index (χ0v) is 29.6. The van der Waals surface area contributed by atoms with Crippen molar-refractivity contribution in [2.75, 3.05) is 4.90 Å². The van der Waals surface area contributed by atoms with Crippen molar-refractivity contribution < 1.29 is 4.74 Å². The summed E-state index contributed by atoms with van der Waals surface area (Å²) in [5.41, 5.74) is 9.38. The summed E-state index contributed by atoms with van der Waals surface area (Å²) in [6.07, 6.45) is 7.44. The first-order chi connectivity index (χ1) is 26.8. The van der Waals surface area contributed by atoms with E-state index in [0.29, 0.717) is 5.92 Å². The van der Waals surface area contributed by atoms with E-state index in [1.54, 1.807) is 0 Å². The maximum absolute atomic E-state index is 6.50. The molecule has 0 N–H and O–H groups in total. The van der Waals surface area contributed by atoms with Crippen LogP contribution in [-0.4, -0.2) is 0 Å². The summed E-state index contributed by atoms with van der Waals surface area (Å²) >= 11 is 0. The number of nitrogens with zero attached hydrogens (tertiary/aromatic N) is 1. The van der Waals surface area contributed by atoms with E-state index >= 15 is 0 Å². The van der Waals surface area contributed by atoms with E-state index < -0.39 is 0 Å². The molecule has 1 unspecified atom stereocenters. The third-order valence-corrected chi connectivity index (χ3v) is 11.4. The van der Waals surface area contributed by atoms with Gasteiger partial charge in [-0.25, -0.2) is 0 Å². The minimum Gasteiger partial charge on any atom is -0.460 e. The van der Waals surface area contributed by atoms with Crippen LogP contribution in [0.4, 0.5) is 17.1 Å². The van der Waals surface area contributed by atoms with Crippen LogP contribution in [0.25, 0.3) is 65.3 Å². The molecular weight excluding hydrogens is 655 g/mol. The molecule has 2 heteroatoms. The van der Waals surface area contributed by atoms with Crippen molar-refractivity contribution in [3.63, 3.8) is 0 Å². The first-order valence-electron chi connectivity index (χ1n) is 18.8. The predicted octanol–water partition coefficient (Wildman–Crippen LogP) is 14.4. The molecule has 1 heterocycles. The molecule has 54 heavy (non-hydrogen) atoms. The lowest BCUT2D eigenvalue weighted by molar-refractivity contribution is 0.429. The van der Waals surface area contributed by atoms with Crippen LogP contribution in [0.3, 0.4) is 0 Å². The Morgan fingerprint density at radius 3 is 2.06 bits per heavy atom. The fourth-order valence-electron chi connectivity index (χ4n) is 8.81. The molecule has 11 rings (SSSR count).